The number of aryl methyl sites for hydroxylation is 1. The lowest BCUT2D eigenvalue weighted by atomic mass is 10.0. The molecule has 1 aromatic carbocycles. The van der Waals surface area contributed by atoms with E-state index < -0.39 is 0 Å². The molecule has 1 aromatic rings. The lowest BCUT2D eigenvalue weighted by molar-refractivity contribution is 0.511. The molecule has 66 valence electrons. The SMILES string of the molecule is C=C1C=C(O)c2cc(C)ccc2N1. The summed E-state index contributed by atoms with van der Waals surface area (Å²) in [6.07, 6.45) is 1.63. The molecule has 0 bridgehead atoms. The molecule has 2 rings (SSSR count). The molecule has 0 fully saturated rings. The number of nitrogens with one attached hydrogen (secondary N) is 1. The molecule has 0 unspecified atom stereocenters. The van der Waals surface area contributed by atoms with Gasteiger partial charge in [-0.05, 0) is 19.1 Å². The highest BCUT2D eigenvalue weighted by molar-refractivity contribution is 5.79. The quantitative estimate of drug-likeness (QED) is 0.632. The molecular weight excluding hydrogens is 162 g/mol. The molecule has 13 heavy (non-hydrogen) atoms. The summed E-state index contributed by atoms with van der Waals surface area (Å²) in [6, 6.07) is 5.89. The van der Waals surface area contributed by atoms with Crippen molar-refractivity contribution in [3.8, 4) is 0 Å². The van der Waals surface area contributed by atoms with Crippen LogP contribution in [0.25, 0.3) is 5.76 Å². The second-order valence-corrected chi connectivity index (χ2v) is 3.23. The third kappa shape index (κ3) is 1.31. The second kappa shape index (κ2) is 2.66. The van der Waals surface area contributed by atoms with Gasteiger partial charge in [0, 0.05) is 23.0 Å². The van der Waals surface area contributed by atoms with Crippen LogP contribution in [-0.4, -0.2) is 5.11 Å². The smallest absolute Gasteiger partial charge is 0.126 e. The van der Waals surface area contributed by atoms with E-state index in [4.69, 9.17) is 0 Å². The largest absolute Gasteiger partial charge is 0.507 e. The molecule has 2 nitrogen and oxygen atoms in total. The van der Waals surface area contributed by atoms with Crippen LogP contribution in [0.1, 0.15) is 11.1 Å². The predicted octanol–water partition coefficient (Wildman–Crippen LogP) is 2.83. The van der Waals surface area contributed by atoms with Gasteiger partial charge in [-0.3, -0.25) is 0 Å². The van der Waals surface area contributed by atoms with Gasteiger partial charge in [-0.15, -0.1) is 0 Å². The Bertz CT molecular complexity index is 405. The van der Waals surface area contributed by atoms with Crippen LogP contribution < -0.4 is 5.32 Å². The van der Waals surface area contributed by atoms with Gasteiger partial charge in [-0.25, -0.2) is 0 Å². The number of allylic oxidation sites excluding steroid dienone is 1. The van der Waals surface area contributed by atoms with Gasteiger partial charge < -0.3 is 10.4 Å². The number of fused-ring (bicyclic) bond motifs is 1. The molecular formula is C11H11NO. The predicted molar refractivity (Wildman–Crippen MR) is 54.5 cm³/mol. The zero-order valence-corrected chi connectivity index (χ0v) is 7.46. The summed E-state index contributed by atoms with van der Waals surface area (Å²) in [5.74, 6) is 0.280. The highest BCUT2D eigenvalue weighted by Crippen LogP contribution is 2.29. The first kappa shape index (κ1) is 7.92. The van der Waals surface area contributed by atoms with Crippen LogP contribution in [0.3, 0.4) is 0 Å². The maximum absolute atomic E-state index is 9.62. The Balaban J connectivity index is 2.60. The molecule has 0 amide bonds. The summed E-state index contributed by atoms with van der Waals surface area (Å²) in [6.45, 7) is 5.74. The van der Waals surface area contributed by atoms with Gasteiger partial charge in [0.25, 0.3) is 0 Å². The van der Waals surface area contributed by atoms with Crippen LogP contribution in [0.4, 0.5) is 5.69 Å². The van der Waals surface area contributed by atoms with E-state index in [1.165, 1.54) is 0 Å². The normalized spacial score (nSPS) is 14.5. The minimum Gasteiger partial charge on any atom is -0.507 e. The van der Waals surface area contributed by atoms with Gasteiger partial charge in [0.15, 0.2) is 0 Å². The van der Waals surface area contributed by atoms with E-state index in [-0.39, 0.29) is 5.76 Å². The van der Waals surface area contributed by atoms with Crippen LogP contribution in [0.5, 0.6) is 0 Å². The maximum Gasteiger partial charge on any atom is 0.126 e. The Morgan fingerprint density at radius 1 is 1.38 bits per heavy atom. The van der Waals surface area contributed by atoms with Gasteiger partial charge in [0.1, 0.15) is 5.76 Å². The lowest BCUT2D eigenvalue weighted by Gasteiger charge is -2.17. The van der Waals surface area contributed by atoms with E-state index in [0.717, 1.165) is 16.8 Å². The third-order valence-electron chi connectivity index (χ3n) is 2.06. The number of hydrogen-bond acceptors (Lipinski definition) is 2. The van der Waals surface area contributed by atoms with Crippen molar-refractivity contribution in [1.29, 1.82) is 0 Å². The zero-order valence-electron chi connectivity index (χ0n) is 7.46. The van der Waals surface area contributed by atoms with Gasteiger partial charge in [-0.1, -0.05) is 18.2 Å². The van der Waals surface area contributed by atoms with Crippen LogP contribution >= 0.6 is 0 Å². The highest BCUT2D eigenvalue weighted by Gasteiger charge is 2.12. The van der Waals surface area contributed by atoms with Gasteiger partial charge in [-0.2, -0.15) is 0 Å². The average molecular weight is 173 g/mol. The zero-order chi connectivity index (χ0) is 9.42. The van der Waals surface area contributed by atoms with Crippen LogP contribution in [-0.2, 0) is 0 Å². The van der Waals surface area contributed by atoms with E-state index in [9.17, 15) is 5.11 Å². The number of rotatable bonds is 0. The molecule has 0 saturated carbocycles. The summed E-state index contributed by atoms with van der Waals surface area (Å²) in [5, 5.41) is 12.7. The van der Waals surface area contributed by atoms with Crippen molar-refractivity contribution in [2.45, 2.75) is 6.92 Å². The van der Waals surface area contributed by atoms with Crippen LogP contribution in [0, 0.1) is 6.92 Å². The van der Waals surface area contributed by atoms with Crippen LogP contribution in [0.15, 0.2) is 36.6 Å². The Kier molecular flexibility index (Phi) is 1.62. The number of aliphatic hydroxyl groups excluding tert-OH is 1. The summed E-state index contributed by atoms with van der Waals surface area (Å²) in [7, 11) is 0. The molecule has 0 spiro atoms. The molecule has 0 radical (unpaired) electrons. The molecule has 2 N–H and O–H groups in total. The Hall–Kier alpha value is -1.70. The van der Waals surface area contributed by atoms with E-state index in [0.29, 0.717) is 5.70 Å². The molecule has 0 aromatic heterocycles. The Labute approximate surface area is 77.2 Å². The molecule has 1 aliphatic rings. The first-order valence-corrected chi connectivity index (χ1v) is 4.14. The van der Waals surface area contributed by atoms with Gasteiger partial charge >= 0.3 is 0 Å². The summed E-state index contributed by atoms with van der Waals surface area (Å²) >= 11 is 0. The van der Waals surface area contributed by atoms with Gasteiger partial charge in [0.2, 0.25) is 0 Å². The van der Waals surface area contributed by atoms with Crippen LogP contribution in [0.2, 0.25) is 0 Å². The molecule has 0 saturated heterocycles. The fraction of sp³-hybridized carbons (Fsp3) is 0.0909. The molecule has 1 heterocycles. The first-order chi connectivity index (χ1) is 6.16. The minimum atomic E-state index is 0.280. The molecule has 1 aliphatic heterocycles. The van der Waals surface area contributed by atoms with E-state index in [1.54, 1.807) is 6.08 Å². The Morgan fingerprint density at radius 3 is 2.92 bits per heavy atom. The molecule has 2 heteroatoms. The van der Waals surface area contributed by atoms with Crippen molar-refractivity contribution in [1.82, 2.24) is 0 Å². The van der Waals surface area contributed by atoms with Gasteiger partial charge in [0.05, 0.1) is 0 Å². The van der Waals surface area contributed by atoms with E-state index in [2.05, 4.69) is 11.9 Å². The number of anilines is 1. The van der Waals surface area contributed by atoms with E-state index >= 15 is 0 Å². The average Bonchev–Trinajstić information content (AvgIpc) is 2.06. The van der Waals surface area contributed by atoms with Crippen molar-refractivity contribution in [3.05, 3.63) is 47.7 Å². The summed E-state index contributed by atoms with van der Waals surface area (Å²) < 4.78 is 0. The summed E-state index contributed by atoms with van der Waals surface area (Å²) in [5.41, 5.74) is 3.60. The molecule has 0 atom stereocenters. The first-order valence-electron chi connectivity index (χ1n) is 4.14. The number of aliphatic hydroxyl groups is 1. The minimum absolute atomic E-state index is 0.280. The molecule has 0 aliphatic carbocycles. The number of benzene rings is 1. The lowest BCUT2D eigenvalue weighted by Crippen LogP contribution is -2.05. The van der Waals surface area contributed by atoms with E-state index in [1.807, 2.05) is 25.1 Å². The van der Waals surface area contributed by atoms with Crippen molar-refractivity contribution >= 4 is 11.4 Å². The van der Waals surface area contributed by atoms with Crippen molar-refractivity contribution in [3.63, 3.8) is 0 Å². The highest BCUT2D eigenvalue weighted by atomic mass is 16.3. The fourth-order valence-corrected chi connectivity index (χ4v) is 1.43. The van der Waals surface area contributed by atoms with Crippen molar-refractivity contribution in [2.24, 2.45) is 0 Å². The topological polar surface area (TPSA) is 32.3 Å². The number of hydrogen-bond donors (Lipinski definition) is 2. The summed E-state index contributed by atoms with van der Waals surface area (Å²) in [4.78, 5) is 0. The Morgan fingerprint density at radius 2 is 2.15 bits per heavy atom. The third-order valence-corrected chi connectivity index (χ3v) is 2.06. The fourth-order valence-electron chi connectivity index (χ4n) is 1.43. The van der Waals surface area contributed by atoms with Crippen molar-refractivity contribution in [2.75, 3.05) is 5.32 Å². The monoisotopic (exact) mass is 173 g/mol. The maximum atomic E-state index is 9.62. The second-order valence-electron chi connectivity index (χ2n) is 3.23. The van der Waals surface area contributed by atoms with Crippen molar-refractivity contribution < 1.29 is 5.11 Å². The standard InChI is InChI=1S/C11H11NO/c1-7-3-4-10-9(5-7)11(13)6-8(2)12-10/h3-6,12-13H,2H2,1H3.